The second-order valence-electron chi connectivity index (χ2n) is 2.82. The third kappa shape index (κ3) is 3.33. The summed E-state index contributed by atoms with van der Waals surface area (Å²) >= 11 is 1.42. The van der Waals surface area contributed by atoms with Crippen LogP contribution in [0.25, 0.3) is 0 Å². The first-order chi connectivity index (χ1) is 6.55. The first kappa shape index (κ1) is 11.6. The van der Waals surface area contributed by atoms with Crippen molar-refractivity contribution < 1.29 is 8.42 Å². The van der Waals surface area contributed by atoms with Crippen LogP contribution in [0.15, 0.2) is 11.6 Å². The van der Waals surface area contributed by atoms with Gasteiger partial charge in [0.25, 0.3) is 0 Å². The van der Waals surface area contributed by atoms with Gasteiger partial charge in [-0.05, 0) is 6.92 Å². The fourth-order valence-electron chi connectivity index (χ4n) is 0.982. The van der Waals surface area contributed by atoms with Crippen LogP contribution in [-0.4, -0.2) is 25.7 Å². The van der Waals surface area contributed by atoms with E-state index in [-0.39, 0.29) is 18.3 Å². The van der Waals surface area contributed by atoms with Gasteiger partial charge in [-0.15, -0.1) is 11.3 Å². The third-order valence-electron chi connectivity index (χ3n) is 1.56. The van der Waals surface area contributed by atoms with E-state index in [1.165, 1.54) is 11.3 Å². The largest absolute Gasteiger partial charge is 0.329 e. The minimum absolute atomic E-state index is 0.0529. The number of aromatic nitrogens is 1. The Bertz CT molecular complexity index is 360. The Labute approximate surface area is 87.4 Å². The normalized spacial score (nSPS) is 14.1. The summed E-state index contributed by atoms with van der Waals surface area (Å²) in [5.41, 5.74) is 5.18. The van der Waals surface area contributed by atoms with Crippen LogP contribution >= 0.6 is 11.3 Å². The van der Waals surface area contributed by atoms with Crippen molar-refractivity contribution in [2.45, 2.75) is 13.0 Å². The number of nitrogens with two attached hydrogens (primary N) is 1. The topological polar surface area (TPSA) is 85.1 Å². The maximum Gasteiger partial charge on any atom is 0.213 e. The molecule has 0 saturated carbocycles. The predicted octanol–water partition coefficient (Wildman–Crippen LogP) is 0.0822. The van der Waals surface area contributed by atoms with Crippen LogP contribution < -0.4 is 10.5 Å². The summed E-state index contributed by atoms with van der Waals surface area (Å²) < 4.78 is 25.1. The summed E-state index contributed by atoms with van der Waals surface area (Å²) in [6.45, 7) is 1.88. The molecule has 80 valence electrons. The van der Waals surface area contributed by atoms with Crippen LogP contribution in [0.1, 0.15) is 18.0 Å². The Morgan fingerprint density at radius 3 is 2.93 bits per heavy atom. The molecular formula is C7H13N3O2S2. The fraction of sp³-hybridized carbons (Fsp3) is 0.571. The molecule has 0 aliphatic heterocycles. The highest BCUT2D eigenvalue weighted by Gasteiger charge is 2.16. The Balaban J connectivity index is 2.61. The molecule has 14 heavy (non-hydrogen) atoms. The van der Waals surface area contributed by atoms with E-state index in [0.29, 0.717) is 0 Å². The molecule has 0 saturated heterocycles. The maximum atomic E-state index is 11.3. The molecule has 1 heterocycles. The van der Waals surface area contributed by atoms with E-state index in [0.717, 1.165) is 5.01 Å². The van der Waals surface area contributed by atoms with Gasteiger partial charge in [-0.3, -0.25) is 0 Å². The highest BCUT2D eigenvalue weighted by Crippen LogP contribution is 2.15. The lowest BCUT2D eigenvalue weighted by molar-refractivity contribution is 0.566. The lowest BCUT2D eigenvalue weighted by Gasteiger charge is -2.10. The molecule has 0 aliphatic rings. The molecule has 7 heteroatoms. The van der Waals surface area contributed by atoms with Crippen molar-refractivity contribution in [3.63, 3.8) is 0 Å². The average Bonchev–Trinajstić information content (AvgIpc) is 2.53. The van der Waals surface area contributed by atoms with Crippen LogP contribution in [-0.2, 0) is 10.0 Å². The summed E-state index contributed by atoms with van der Waals surface area (Å²) in [6.07, 6.45) is 1.65. The van der Waals surface area contributed by atoms with E-state index in [1.807, 2.05) is 5.38 Å². The zero-order valence-electron chi connectivity index (χ0n) is 7.80. The minimum Gasteiger partial charge on any atom is -0.329 e. The molecule has 0 aromatic carbocycles. The molecule has 1 aromatic heterocycles. The molecule has 0 radical (unpaired) electrons. The van der Waals surface area contributed by atoms with Gasteiger partial charge in [0.05, 0.1) is 11.8 Å². The van der Waals surface area contributed by atoms with Gasteiger partial charge < -0.3 is 5.73 Å². The number of nitrogens with zero attached hydrogens (tertiary/aromatic N) is 1. The number of nitrogens with one attached hydrogen (secondary N) is 1. The SMILES string of the molecule is CC(NS(=O)(=O)CCN)c1nccs1. The Hall–Kier alpha value is -0.500. The summed E-state index contributed by atoms with van der Waals surface area (Å²) in [7, 11) is -3.27. The standard InChI is InChI=1S/C7H13N3O2S2/c1-6(7-9-3-4-13-7)10-14(11,12)5-2-8/h3-4,6,10H,2,5,8H2,1H3. The Morgan fingerprint density at radius 1 is 1.71 bits per heavy atom. The summed E-state index contributed by atoms with van der Waals surface area (Å²) in [4.78, 5) is 4.02. The van der Waals surface area contributed by atoms with Crippen molar-refractivity contribution in [1.29, 1.82) is 0 Å². The van der Waals surface area contributed by atoms with E-state index in [1.54, 1.807) is 13.1 Å². The molecule has 5 nitrogen and oxygen atoms in total. The van der Waals surface area contributed by atoms with E-state index in [4.69, 9.17) is 5.73 Å². The minimum atomic E-state index is -3.27. The van der Waals surface area contributed by atoms with Crippen LogP contribution in [0, 0.1) is 0 Å². The monoisotopic (exact) mass is 235 g/mol. The van der Waals surface area contributed by atoms with Gasteiger partial charge in [-0.1, -0.05) is 0 Å². The van der Waals surface area contributed by atoms with E-state index in [2.05, 4.69) is 9.71 Å². The first-order valence-electron chi connectivity index (χ1n) is 4.14. The molecule has 0 amide bonds. The lowest BCUT2D eigenvalue weighted by atomic mass is 10.4. The second kappa shape index (κ2) is 4.83. The molecule has 0 fully saturated rings. The molecule has 1 unspecified atom stereocenters. The smallest absolute Gasteiger partial charge is 0.213 e. The number of hydrogen-bond acceptors (Lipinski definition) is 5. The van der Waals surface area contributed by atoms with Crippen molar-refractivity contribution in [2.75, 3.05) is 12.3 Å². The first-order valence-corrected chi connectivity index (χ1v) is 6.68. The zero-order chi connectivity index (χ0) is 10.6. The molecule has 1 rings (SSSR count). The van der Waals surface area contributed by atoms with Crippen molar-refractivity contribution in [2.24, 2.45) is 5.73 Å². The van der Waals surface area contributed by atoms with Gasteiger partial charge in [-0.2, -0.15) is 0 Å². The van der Waals surface area contributed by atoms with E-state index in [9.17, 15) is 8.42 Å². The van der Waals surface area contributed by atoms with Crippen molar-refractivity contribution in [1.82, 2.24) is 9.71 Å². The molecule has 0 aliphatic carbocycles. The summed E-state index contributed by atoms with van der Waals surface area (Å²) in [5, 5.41) is 2.56. The molecule has 1 aromatic rings. The van der Waals surface area contributed by atoms with Crippen LogP contribution in [0.2, 0.25) is 0 Å². The van der Waals surface area contributed by atoms with Gasteiger partial charge in [0.2, 0.25) is 10.0 Å². The summed E-state index contributed by atoms with van der Waals surface area (Å²) in [5.74, 6) is -0.0529. The van der Waals surface area contributed by atoms with Crippen molar-refractivity contribution >= 4 is 21.4 Å². The van der Waals surface area contributed by atoms with Crippen molar-refractivity contribution in [3.05, 3.63) is 16.6 Å². The third-order valence-corrected chi connectivity index (χ3v) is 4.01. The van der Waals surface area contributed by atoms with Gasteiger partial charge in [-0.25, -0.2) is 18.1 Å². The molecule has 3 N–H and O–H groups in total. The summed E-state index contributed by atoms with van der Waals surface area (Å²) in [6, 6.07) is -0.286. The van der Waals surface area contributed by atoms with Crippen molar-refractivity contribution in [3.8, 4) is 0 Å². The van der Waals surface area contributed by atoms with Gasteiger partial charge >= 0.3 is 0 Å². The molecule has 0 bridgehead atoms. The lowest BCUT2D eigenvalue weighted by Crippen LogP contribution is -2.31. The van der Waals surface area contributed by atoms with E-state index >= 15 is 0 Å². The van der Waals surface area contributed by atoms with Crippen LogP contribution in [0.5, 0.6) is 0 Å². The highest BCUT2D eigenvalue weighted by molar-refractivity contribution is 7.89. The fourth-order valence-corrected chi connectivity index (χ4v) is 2.78. The van der Waals surface area contributed by atoms with E-state index < -0.39 is 10.0 Å². The Morgan fingerprint density at radius 2 is 2.43 bits per heavy atom. The zero-order valence-corrected chi connectivity index (χ0v) is 9.44. The number of sulfonamides is 1. The highest BCUT2D eigenvalue weighted by atomic mass is 32.2. The van der Waals surface area contributed by atoms with Gasteiger partial charge in [0.1, 0.15) is 5.01 Å². The molecule has 0 spiro atoms. The van der Waals surface area contributed by atoms with Crippen LogP contribution in [0.3, 0.4) is 0 Å². The van der Waals surface area contributed by atoms with Crippen LogP contribution in [0.4, 0.5) is 0 Å². The molecule has 1 atom stereocenters. The number of rotatable bonds is 5. The number of thiazole rings is 1. The second-order valence-corrected chi connectivity index (χ2v) is 5.62. The Kier molecular flexibility index (Phi) is 3.99. The maximum absolute atomic E-state index is 11.3. The number of hydrogen-bond donors (Lipinski definition) is 2. The van der Waals surface area contributed by atoms with Gasteiger partial charge in [0, 0.05) is 18.1 Å². The quantitative estimate of drug-likeness (QED) is 0.757. The van der Waals surface area contributed by atoms with Gasteiger partial charge in [0.15, 0.2) is 0 Å². The predicted molar refractivity (Wildman–Crippen MR) is 56.5 cm³/mol. The average molecular weight is 235 g/mol. The molecular weight excluding hydrogens is 222 g/mol.